The van der Waals surface area contributed by atoms with Crippen molar-refractivity contribution < 1.29 is 14.7 Å². The summed E-state index contributed by atoms with van der Waals surface area (Å²) in [5.74, 6) is -0.158. The zero-order valence-electron chi connectivity index (χ0n) is 10.2. The van der Waals surface area contributed by atoms with Crippen molar-refractivity contribution in [2.75, 3.05) is 32.8 Å². The lowest BCUT2D eigenvalue weighted by atomic mass is 10.2. The van der Waals surface area contributed by atoms with Gasteiger partial charge in [0.2, 0.25) is 11.8 Å². The Morgan fingerprint density at radius 3 is 2.71 bits per heavy atom. The second kappa shape index (κ2) is 7.24. The van der Waals surface area contributed by atoms with Crippen LogP contribution < -0.4 is 10.6 Å². The fourth-order valence-electron chi connectivity index (χ4n) is 1.99. The minimum absolute atomic E-state index is 0.0595. The van der Waals surface area contributed by atoms with Crippen LogP contribution in [0.1, 0.15) is 19.8 Å². The van der Waals surface area contributed by atoms with E-state index in [1.807, 2.05) is 4.90 Å². The zero-order chi connectivity index (χ0) is 12.7. The van der Waals surface area contributed by atoms with E-state index < -0.39 is 0 Å². The summed E-state index contributed by atoms with van der Waals surface area (Å²) in [5.41, 5.74) is 0. The van der Waals surface area contributed by atoms with Crippen LogP contribution >= 0.6 is 0 Å². The van der Waals surface area contributed by atoms with Crippen LogP contribution in [0.5, 0.6) is 0 Å². The summed E-state index contributed by atoms with van der Waals surface area (Å²) in [6, 6.07) is 0.121. The number of carbonyl (C=O) groups excluding carboxylic acids is 2. The van der Waals surface area contributed by atoms with Gasteiger partial charge in [-0.05, 0) is 19.4 Å². The summed E-state index contributed by atoms with van der Waals surface area (Å²) < 4.78 is 0. The molecule has 0 aromatic carbocycles. The summed E-state index contributed by atoms with van der Waals surface area (Å²) in [7, 11) is 0. The van der Waals surface area contributed by atoms with Gasteiger partial charge in [0.05, 0.1) is 13.2 Å². The molecule has 0 radical (unpaired) electrons. The van der Waals surface area contributed by atoms with E-state index in [0.29, 0.717) is 19.6 Å². The zero-order valence-corrected chi connectivity index (χ0v) is 10.2. The van der Waals surface area contributed by atoms with Crippen molar-refractivity contribution in [1.82, 2.24) is 15.5 Å². The number of rotatable bonds is 6. The van der Waals surface area contributed by atoms with Crippen molar-refractivity contribution in [2.45, 2.75) is 25.8 Å². The Morgan fingerprint density at radius 2 is 2.06 bits per heavy atom. The number of carbonyl (C=O) groups is 2. The van der Waals surface area contributed by atoms with Crippen LogP contribution in [0, 0.1) is 0 Å². The molecule has 0 aromatic rings. The molecule has 0 bridgehead atoms. The third-order valence-corrected chi connectivity index (χ3v) is 2.88. The number of nitrogens with one attached hydrogen (secondary N) is 2. The smallest absolute Gasteiger partial charge is 0.234 e. The van der Waals surface area contributed by atoms with Gasteiger partial charge in [0, 0.05) is 26.1 Å². The predicted octanol–water partition coefficient (Wildman–Crippen LogP) is -1.30. The second-order valence-electron chi connectivity index (χ2n) is 4.28. The summed E-state index contributed by atoms with van der Waals surface area (Å²) in [6.07, 6.45) is 1.99. The average Bonchev–Trinajstić information content (AvgIpc) is 2.71. The minimum atomic E-state index is -0.0980. The number of likely N-dealkylation sites (tertiary alicyclic amines) is 1. The topological polar surface area (TPSA) is 81.7 Å². The van der Waals surface area contributed by atoms with Gasteiger partial charge < -0.3 is 15.7 Å². The highest BCUT2D eigenvalue weighted by Crippen LogP contribution is 2.15. The monoisotopic (exact) mass is 243 g/mol. The highest BCUT2D eigenvalue weighted by molar-refractivity contribution is 5.78. The van der Waals surface area contributed by atoms with Crippen molar-refractivity contribution in [2.24, 2.45) is 0 Å². The number of nitrogens with zero attached hydrogens (tertiary/aromatic N) is 1. The molecular formula is C11H21N3O3. The van der Waals surface area contributed by atoms with Crippen molar-refractivity contribution >= 4 is 11.8 Å². The Morgan fingerprint density at radius 1 is 1.35 bits per heavy atom. The molecule has 0 unspecified atom stereocenters. The molecule has 98 valence electrons. The molecule has 1 saturated heterocycles. The van der Waals surface area contributed by atoms with Gasteiger partial charge in [-0.2, -0.15) is 0 Å². The van der Waals surface area contributed by atoms with Crippen LogP contribution in [-0.4, -0.2) is 60.6 Å². The number of hydrogen-bond donors (Lipinski definition) is 3. The third-order valence-electron chi connectivity index (χ3n) is 2.88. The van der Waals surface area contributed by atoms with Crippen LogP contribution in [0.15, 0.2) is 0 Å². The molecule has 3 N–H and O–H groups in total. The standard InChI is InChI=1S/C11H21N3O3/c1-9(16)12-4-5-13-11(17)7-14-6-2-3-10(14)8-15/h10,15H,2-8H2,1H3,(H,12,16)(H,13,17)/t10-/m0/s1. The summed E-state index contributed by atoms with van der Waals surface area (Å²) in [4.78, 5) is 24.1. The first-order chi connectivity index (χ1) is 8.13. The fourth-order valence-corrected chi connectivity index (χ4v) is 1.99. The van der Waals surface area contributed by atoms with Gasteiger partial charge >= 0.3 is 0 Å². The Hall–Kier alpha value is -1.14. The van der Waals surface area contributed by atoms with E-state index >= 15 is 0 Å². The van der Waals surface area contributed by atoms with Crippen LogP contribution in [0.3, 0.4) is 0 Å². The summed E-state index contributed by atoms with van der Waals surface area (Å²) >= 11 is 0. The quantitative estimate of drug-likeness (QED) is 0.506. The van der Waals surface area contributed by atoms with Gasteiger partial charge in [-0.25, -0.2) is 0 Å². The molecule has 17 heavy (non-hydrogen) atoms. The lowest BCUT2D eigenvalue weighted by Gasteiger charge is -2.21. The summed E-state index contributed by atoms with van der Waals surface area (Å²) in [5, 5.41) is 14.4. The first-order valence-corrected chi connectivity index (χ1v) is 5.99. The molecular weight excluding hydrogens is 222 g/mol. The number of hydrogen-bond acceptors (Lipinski definition) is 4. The largest absolute Gasteiger partial charge is 0.395 e. The maximum atomic E-state index is 11.6. The highest BCUT2D eigenvalue weighted by atomic mass is 16.3. The predicted molar refractivity (Wildman–Crippen MR) is 63.4 cm³/mol. The van der Waals surface area contributed by atoms with Crippen LogP contribution in [-0.2, 0) is 9.59 Å². The molecule has 6 nitrogen and oxygen atoms in total. The minimum Gasteiger partial charge on any atom is -0.395 e. The van der Waals surface area contributed by atoms with E-state index in [2.05, 4.69) is 10.6 Å². The fraction of sp³-hybridized carbons (Fsp3) is 0.818. The Bertz CT molecular complexity index is 271. The van der Waals surface area contributed by atoms with Crippen molar-refractivity contribution in [1.29, 1.82) is 0 Å². The van der Waals surface area contributed by atoms with Crippen LogP contribution in [0.25, 0.3) is 0 Å². The van der Waals surface area contributed by atoms with Gasteiger partial charge in [-0.3, -0.25) is 14.5 Å². The van der Waals surface area contributed by atoms with Crippen LogP contribution in [0.4, 0.5) is 0 Å². The molecule has 1 atom stereocenters. The first-order valence-electron chi connectivity index (χ1n) is 5.99. The van der Waals surface area contributed by atoms with E-state index in [1.165, 1.54) is 6.92 Å². The molecule has 1 rings (SSSR count). The molecule has 1 aliphatic rings. The van der Waals surface area contributed by atoms with Crippen molar-refractivity contribution in [3.8, 4) is 0 Å². The SMILES string of the molecule is CC(=O)NCCNC(=O)CN1CCC[C@H]1CO. The van der Waals surface area contributed by atoms with Crippen molar-refractivity contribution in [3.63, 3.8) is 0 Å². The van der Waals surface area contributed by atoms with E-state index in [1.54, 1.807) is 0 Å². The van der Waals surface area contributed by atoms with Crippen LogP contribution in [0.2, 0.25) is 0 Å². The average molecular weight is 243 g/mol. The van der Waals surface area contributed by atoms with Gasteiger partial charge in [0.15, 0.2) is 0 Å². The molecule has 0 spiro atoms. The second-order valence-corrected chi connectivity index (χ2v) is 4.28. The van der Waals surface area contributed by atoms with Gasteiger partial charge in [0.25, 0.3) is 0 Å². The Labute approximate surface area is 101 Å². The lowest BCUT2D eigenvalue weighted by Crippen LogP contribution is -2.43. The molecule has 1 heterocycles. The first kappa shape index (κ1) is 13.9. The molecule has 0 aliphatic carbocycles. The van der Waals surface area contributed by atoms with E-state index in [4.69, 9.17) is 5.11 Å². The normalized spacial score (nSPS) is 20.2. The van der Waals surface area contributed by atoms with Gasteiger partial charge in [0.1, 0.15) is 0 Å². The van der Waals surface area contributed by atoms with Crippen molar-refractivity contribution in [3.05, 3.63) is 0 Å². The van der Waals surface area contributed by atoms with Gasteiger partial charge in [-0.1, -0.05) is 0 Å². The molecule has 1 fully saturated rings. The number of aliphatic hydroxyl groups is 1. The summed E-state index contributed by atoms with van der Waals surface area (Å²) in [6.45, 7) is 3.63. The lowest BCUT2D eigenvalue weighted by molar-refractivity contribution is -0.123. The maximum Gasteiger partial charge on any atom is 0.234 e. The number of amides is 2. The molecule has 1 aliphatic heterocycles. The number of aliphatic hydroxyl groups excluding tert-OH is 1. The molecule has 0 saturated carbocycles. The van der Waals surface area contributed by atoms with E-state index in [-0.39, 0.29) is 24.5 Å². The van der Waals surface area contributed by atoms with E-state index in [0.717, 1.165) is 19.4 Å². The molecule has 6 heteroatoms. The Balaban J connectivity index is 2.14. The molecule has 2 amide bonds. The highest BCUT2D eigenvalue weighted by Gasteiger charge is 2.25. The molecule has 0 aromatic heterocycles. The van der Waals surface area contributed by atoms with Gasteiger partial charge in [-0.15, -0.1) is 0 Å². The Kier molecular flexibility index (Phi) is 5.93. The third kappa shape index (κ3) is 5.14. The van der Waals surface area contributed by atoms with E-state index in [9.17, 15) is 9.59 Å². The maximum absolute atomic E-state index is 11.6.